The maximum atomic E-state index is 11.7. The molecule has 2 rings (SSSR count). The maximum absolute atomic E-state index is 11.7. The molecule has 0 amide bonds. The number of aryl methyl sites for hydroxylation is 2. The molecule has 19 heavy (non-hydrogen) atoms. The van der Waals surface area contributed by atoms with Gasteiger partial charge < -0.3 is 9.30 Å². The van der Waals surface area contributed by atoms with Crippen molar-refractivity contribution in [2.24, 2.45) is 0 Å². The third kappa shape index (κ3) is 3.15. The molecule has 8 heteroatoms. The maximum Gasteiger partial charge on any atom is 0.376 e. The van der Waals surface area contributed by atoms with Crippen LogP contribution in [0.4, 0.5) is 0 Å². The minimum Gasteiger partial charge on any atom is -0.460 e. The quantitative estimate of drug-likeness (QED) is 0.704. The van der Waals surface area contributed by atoms with Crippen LogP contribution in [0.2, 0.25) is 0 Å². The summed E-state index contributed by atoms with van der Waals surface area (Å²) in [6.07, 6.45) is 4.23. The van der Waals surface area contributed by atoms with E-state index in [1.807, 2.05) is 6.92 Å². The van der Waals surface area contributed by atoms with Gasteiger partial charge in [0.1, 0.15) is 5.82 Å². The van der Waals surface area contributed by atoms with Crippen molar-refractivity contribution in [3.63, 3.8) is 0 Å². The van der Waals surface area contributed by atoms with Gasteiger partial charge in [-0.3, -0.25) is 4.68 Å². The largest absolute Gasteiger partial charge is 0.460 e. The first kappa shape index (κ1) is 13.2. The first-order valence-corrected chi connectivity index (χ1v) is 6.13. The van der Waals surface area contributed by atoms with E-state index in [4.69, 9.17) is 4.74 Å². The number of ether oxygens (including phenoxy) is 1. The summed E-state index contributed by atoms with van der Waals surface area (Å²) < 4.78 is 8.44. The predicted octanol–water partition coefficient (Wildman–Crippen LogP) is 0.445. The number of hydrogen-bond acceptors (Lipinski definition) is 6. The van der Waals surface area contributed by atoms with Crippen LogP contribution in [0.25, 0.3) is 0 Å². The van der Waals surface area contributed by atoms with E-state index in [0.29, 0.717) is 19.0 Å². The Morgan fingerprint density at radius 1 is 1.37 bits per heavy atom. The number of esters is 1. The van der Waals surface area contributed by atoms with Crippen LogP contribution in [0.1, 0.15) is 29.8 Å². The first-order chi connectivity index (χ1) is 9.22. The molecule has 102 valence electrons. The van der Waals surface area contributed by atoms with Gasteiger partial charge in [-0.25, -0.2) is 4.79 Å². The molecule has 8 nitrogen and oxygen atoms in total. The molecule has 2 aromatic rings. The summed E-state index contributed by atoms with van der Waals surface area (Å²) >= 11 is 0. The summed E-state index contributed by atoms with van der Waals surface area (Å²) in [6, 6.07) is 0. The molecule has 0 aliphatic heterocycles. The molecule has 0 unspecified atom stereocenters. The molecular formula is C11H16N6O2. The molecule has 0 fully saturated rings. The van der Waals surface area contributed by atoms with Crippen molar-refractivity contribution in [2.45, 2.75) is 33.4 Å². The van der Waals surface area contributed by atoms with E-state index in [2.05, 4.69) is 20.5 Å². The van der Waals surface area contributed by atoms with Crippen LogP contribution < -0.4 is 0 Å². The van der Waals surface area contributed by atoms with Gasteiger partial charge in [-0.15, -0.1) is 15.3 Å². The standard InChI is InChI=1S/C11H16N6O2/c1-3-19-11(18)10-14-13-9(2)17(10)7-4-6-16-8-5-12-15-16/h5,8H,3-4,6-7H2,1-2H3. The normalized spacial score (nSPS) is 10.6. The van der Waals surface area contributed by atoms with Gasteiger partial charge in [-0.1, -0.05) is 5.21 Å². The molecule has 0 saturated carbocycles. The Labute approximate surface area is 110 Å². The highest BCUT2D eigenvalue weighted by molar-refractivity contribution is 5.85. The lowest BCUT2D eigenvalue weighted by Gasteiger charge is -2.07. The molecule has 0 atom stereocenters. The van der Waals surface area contributed by atoms with Crippen molar-refractivity contribution >= 4 is 5.97 Å². The summed E-state index contributed by atoms with van der Waals surface area (Å²) in [5.41, 5.74) is 0. The molecule has 0 aliphatic rings. The number of nitrogens with zero attached hydrogens (tertiary/aromatic N) is 6. The molecular weight excluding hydrogens is 248 g/mol. The SMILES string of the molecule is CCOC(=O)c1nnc(C)n1CCCn1ccnn1. The molecule has 2 heterocycles. The Morgan fingerprint density at radius 3 is 2.89 bits per heavy atom. The van der Waals surface area contributed by atoms with E-state index in [1.54, 1.807) is 28.6 Å². The van der Waals surface area contributed by atoms with Crippen LogP contribution in [0.3, 0.4) is 0 Å². The van der Waals surface area contributed by atoms with Gasteiger partial charge in [0.25, 0.3) is 0 Å². The highest BCUT2D eigenvalue weighted by Gasteiger charge is 2.17. The fourth-order valence-corrected chi connectivity index (χ4v) is 1.74. The van der Waals surface area contributed by atoms with E-state index in [9.17, 15) is 4.79 Å². The minimum atomic E-state index is -0.441. The minimum absolute atomic E-state index is 0.248. The van der Waals surface area contributed by atoms with Crippen molar-refractivity contribution < 1.29 is 9.53 Å². The van der Waals surface area contributed by atoms with Crippen LogP contribution in [-0.2, 0) is 17.8 Å². The first-order valence-electron chi connectivity index (χ1n) is 6.13. The highest BCUT2D eigenvalue weighted by Crippen LogP contribution is 2.05. The Bertz CT molecular complexity index is 533. The molecule has 0 spiro atoms. The smallest absolute Gasteiger partial charge is 0.376 e. The second-order valence-corrected chi connectivity index (χ2v) is 3.96. The molecule has 0 aromatic carbocycles. The van der Waals surface area contributed by atoms with E-state index in [0.717, 1.165) is 13.0 Å². The second kappa shape index (κ2) is 6.07. The van der Waals surface area contributed by atoms with Gasteiger partial charge in [-0.2, -0.15) is 0 Å². The molecule has 0 saturated heterocycles. The van der Waals surface area contributed by atoms with Gasteiger partial charge in [-0.05, 0) is 20.3 Å². The Morgan fingerprint density at radius 2 is 2.21 bits per heavy atom. The second-order valence-electron chi connectivity index (χ2n) is 3.96. The van der Waals surface area contributed by atoms with Gasteiger partial charge in [0.2, 0.25) is 5.82 Å². The van der Waals surface area contributed by atoms with Gasteiger partial charge in [0.05, 0.1) is 12.8 Å². The number of aromatic nitrogens is 6. The Hall–Kier alpha value is -2.25. The third-order valence-electron chi connectivity index (χ3n) is 2.63. The van der Waals surface area contributed by atoms with Crippen LogP contribution in [0.5, 0.6) is 0 Å². The summed E-state index contributed by atoms with van der Waals surface area (Å²) in [5, 5.41) is 15.4. The summed E-state index contributed by atoms with van der Waals surface area (Å²) in [4.78, 5) is 11.7. The van der Waals surface area contributed by atoms with Crippen molar-refractivity contribution in [2.75, 3.05) is 6.61 Å². The Balaban J connectivity index is 1.99. The van der Waals surface area contributed by atoms with E-state index < -0.39 is 5.97 Å². The van der Waals surface area contributed by atoms with Gasteiger partial charge >= 0.3 is 5.97 Å². The molecule has 2 aromatic heterocycles. The lowest BCUT2D eigenvalue weighted by atomic mass is 10.4. The fourth-order valence-electron chi connectivity index (χ4n) is 1.74. The van der Waals surface area contributed by atoms with Crippen LogP contribution in [-0.4, -0.2) is 42.3 Å². The highest BCUT2D eigenvalue weighted by atomic mass is 16.5. The van der Waals surface area contributed by atoms with Crippen LogP contribution in [0, 0.1) is 6.92 Å². The lowest BCUT2D eigenvalue weighted by Crippen LogP contribution is -2.15. The van der Waals surface area contributed by atoms with E-state index >= 15 is 0 Å². The zero-order chi connectivity index (χ0) is 13.7. The summed E-state index contributed by atoms with van der Waals surface area (Å²) in [6.45, 7) is 5.25. The zero-order valence-corrected chi connectivity index (χ0v) is 11.0. The van der Waals surface area contributed by atoms with Gasteiger partial charge in [0.15, 0.2) is 0 Å². The average Bonchev–Trinajstić information content (AvgIpc) is 3.01. The fraction of sp³-hybridized carbons (Fsp3) is 0.545. The molecule has 0 bridgehead atoms. The summed E-state index contributed by atoms with van der Waals surface area (Å²) in [7, 11) is 0. The summed E-state index contributed by atoms with van der Waals surface area (Å²) in [5.74, 6) is 0.503. The zero-order valence-electron chi connectivity index (χ0n) is 11.0. The van der Waals surface area contributed by atoms with Crippen LogP contribution >= 0.6 is 0 Å². The van der Waals surface area contributed by atoms with Crippen molar-refractivity contribution in [3.05, 3.63) is 24.0 Å². The predicted molar refractivity (Wildman–Crippen MR) is 65.4 cm³/mol. The molecule has 0 N–H and O–H groups in total. The number of carbonyl (C=O) groups excluding carboxylic acids is 1. The van der Waals surface area contributed by atoms with E-state index in [1.165, 1.54) is 0 Å². The van der Waals surface area contributed by atoms with Crippen molar-refractivity contribution in [1.82, 2.24) is 29.8 Å². The van der Waals surface area contributed by atoms with Crippen LogP contribution in [0.15, 0.2) is 12.4 Å². The van der Waals surface area contributed by atoms with Crippen molar-refractivity contribution in [1.29, 1.82) is 0 Å². The monoisotopic (exact) mass is 264 g/mol. The molecule has 0 aliphatic carbocycles. The number of carbonyl (C=O) groups is 1. The van der Waals surface area contributed by atoms with Crippen molar-refractivity contribution in [3.8, 4) is 0 Å². The Kier molecular flexibility index (Phi) is 4.22. The lowest BCUT2D eigenvalue weighted by molar-refractivity contribution is 0.0505. The third-order valence-corrected chi connectivity index (χ3v) is 2.63. The topological polar surface area (TPSA) is 87.7 Å². The van der Waals surface area contributed by atoms with E-state index in [-0.39, 0.29) is 5.82 Å². The number of rotatable bonds is 6. The molecule has 0 radical (unpaired) electrons. The number of hydrogen-bond donors (Lipinski definition) is 0. The average molecular weight is 264 g/mol. The van der Waals surface area contributed by atoms with Gasteiger partial charge in [0, 0.05) is 19.3 Å².